The van der Waals surface area contributed by atoms with E-state index in [2.05, 4.69) is 85.5 Å². The standard InChI is InChI=1S/C25H20S3/c1-28(2,3)21-14-15-12-13-20-23(16-8-4-6-10-18(16)26-20)22(15)24-17-9-5-7-11-19(17)27-25(21)24/h4-14H,1-3H3. The van der Waals surface area contributed by atoms with Crippen LogP contribution in [0.15, 0.2) is 71.6 Å². The second-order valence-electron chi connectivity index (χ2n) is 8.15. The van der Waals surface area contributed by atoms with E-state index in [-0.39, 0.29) is 0 Å². The summed E-state index contributed by atoms with van der Waals surface area (Å²) in [6.07, 6.45) is 7.24. The van der Waals surface area contributed by atoms with Crippen molar-refractivity contribution in [2.24, 2.45) is 0 Å². The molecule has 0 fully saturated rings. The third-order valence-corrected chi connectivity index (χ3v) is 9.70. The third-order valence-electron chi connectivity index (χ3n) is 5.59. The molecule has 4 aromatic carbocycles. The fourth-order valence-corrected chi connectivity index (χ4v) is 8.60. The Bertz CT molecular complexity index is 1540. The highest BCUT2D eigenvalue weighted by molar-refractivity contribution is 8.32. The topological polar surface area (TPSA) is 0 Å². The van der Waals surface area contributed by atoms with Gasteiger partial charge in [-0.2, -0.15) is 0 Å². The van der Waals surface area contributed by atoms with Crippen LogP contribution in [-0.4, -0.2) is 18.8 Å². The first kappa shape index (κ1) is 16.8. The van der Waals surface area contributed by atoms with Crippen LogP contribution in [0.2, 0.25) is 0 Å². The van der Waals surface area contributed by atoms with Gasteiger partial charge in [-0.15, -0.1) is 22.7 Å². The third kappa shape index (κ3) is 2.24. The highest BCUT2D eigenvalue weighted by atomic mass is 32.3. The summed E-state index contributed by atoms with van der Waals surface area (Å²) >= 11 is 3.88. The van der Waals surface area contributed by atoms with E-state index in [4.69, 9.17) is 0 Å². The molecular weight excluding hydrogens is 396 g/mol. The van der Waals surface area contributed by atoms with Crippen LogP contribution in [0, 0.1) is 0 Å². The van der Waals surface area contributed by atoms with Crippen molar-refractivity contribution in [1.29, 1.82) is 0 Å². The summed E-state index contributed by atoms with van der Waals surface area (Å²) < 4.78 is 5.65. The lowest BCUT2D eigenvalue weighted by molar-refractivity contribution is 1.60. The fourth-order valence-electron chi connectivity index (χ4n) is 4.35. The number of thiophene rings is 2. The first-order valence-electron chi connectivity index (χ1n) is 9.39. The Labute approximate surface area is 173 Å². The number of benzene rings is 4. The van der Waals surface area contributed by atoms with E-state index in [0.29, 0.717) is 0 Å². The molecule has 0 nitrogen and oxygen atoms in total. The molecule has 0 atom stereocenters. The van der Waals surface area contributed by atoms with E-state index >= 15 is 0 Å². The van der Waals surface area contributed by atoms with Crippen molar-refractivity contribution in [3.8, 4) is 0 Å². The Kier molecular flexibility index (Phi) is 3.45. The summed E-state index contributed by atoms with van der Waals surface area (Å²) in [5, 5.41) is 8.51. The van der Waals surface area contributed by atoms with Crippen LogP contribution in [-0.2, 0) is 0 Å². The van der Waals surface area contributed by atoms with Gasteiger partial charge in [-0.25, -0.2) is 10.0 Å². The fraction of sp³-hybridized carbons (Fsp3) is 0.120. The van der Waals surface area contributed by atoms with Crippen LogP contribution in [0.3, 0.4) is 0 Å². The van der Waals surface area contributed by atoms with Crippen molar-refractivity contribution in [3.63, 3.8) is 0 Å². The van der Waals surface area contributed by atoms with E-state index < -0.39 is 10.0 Å². The average molecular weight is 417 g/mol. The lowest BCUT2D eigenvalue weighted by Gasteiger charge is -2.27. The summed E-state index contributed by atoms with van der Waals surface area (Å²) in [6, 6.07) is 24.9. The first-order chi connectivity index (χ1) is 13.5. The van der Waals surface area contributed by atoms with Crippen LogP contribution in [0.4, 0.5) is 0 Å². The van der Waals surface area contributed by atoms with E-state index in [1.54, 1.807) is 0 Å². The number of rotatable bonds is 1. The molecule has 0 amide bonds. The van der Waals surface area contributed by atoms with Gasteiger partial charge in [-0.3, -0.25) is 0 Å². The monoisotopic (exact) mass is 416 g/mol. The van der Waals surface area contributed by atoms with Crippen LogP contribution in [0.25, 0.3) is 51.1 Å². The van der Waals surface area contributed by atoms with Crippen molar-refractivity contribution in [2.45, 2.75) is 4.90 Å². The van der Waals surface area contributed by atoms with Gasteiger partial charge >= 0.3 is 0 Å². The van der Waals surface area contributed by atoms with Crippen molar-refractivity contribution in [3.05, 3.63) is 66.7 Å². The molecule has 6 rings (SSSR count). The van der Waals surface area contributed by atoms with Crippen molar-refractivity contribution >= 4 is 83.8 Å². The molecule has 6 aromatic rings. The predicted molar refractivity (Wildman–Crippen MR) is 133 cm³/mol. The molecule has 0 aliphatic carbocycles. The number of fused-ring (bicyclic) bond motifs is 9. The molecule has 138 valence electrons. The first-order valence-corrected chi connectivity index (χ1v) is 13.9. The minimum Gasteiger partial charge on any atom is -0.222 e. The van der Waals surface area contributed by atoms with Gasteiger partial charge in [0.25, 0.3) is 0 Å². The quantitative estimate of drug-likeness (QED) is 0.252. The van der Waals surface area contributed by atoms with Gasteiger partial charge in [0.05, 0.1) is 0 Å². The summed E-state index contributed by atoms with van der Waals surface area (Å²) in [5.41, 5.74) is 0. The molecule has 0 unspecified atom stereocenters. The molecule has 0 saturated carbocycles. The van der Waals surface area contributed by atoms with E-state index in [1.807, 2.05) is 22.7 Å². The summed E-state index contributed by atoms with van der Waals surface area (Å²) in [4.78, 5) is 1.54. The lowest BCUT2D eigenvalue weighted by atomic mass is 9.99. The summed E-state index contributed by atoms with van der Waals surface area (Å²) in [6.45, 7) is 0. The van der Waals surface area contributed by atoms with E-state index in [1.165, 1.54) is 56.0 Å². The number of hydrogen-bond donors (Lipinski definition) is 0. The maximum absolute atomic E-state index is 2.48. The molecular formula is C25H20S3. The normalized spacial score (nSPS) is 13.4. The zero-order valence-electron chi connectivity index (χ0n) is 16.1. The van der Waals surface area contributed by atoms with Gasteiger partial charge in [0.2, 0.25) is 0 Å². The SMILES string of the molecule is CS(C)(C)c1cc2ccc3sc4ccccc4c3c2c2c1sc1ccccc12. The molecule has 28 heavy (non-hydrogen) atoms. The molecule has 0 bridgehead atoms. The second-order valence-corrected chi connectivity index (χ2v) is 14.4. The largest absolute Gasteiger partial charge is 0.222 e. The molecule has 0 aliphatic rings. The lowest BCUT2D eigenvalue weighted by Crippen LogP contribution is -1.93. The minimum absolute atomic E-state index is 0.838. The molecule has 0 aliphatic heterocycles. The predicted octanol–water partition coefficient (Wildman–Crippen LogP) is 8.63. The molecule has 2 aromatic heterocycles. The summed E-state index contributed by atoms with van der Waals surface area (Å²) in [7, 11) is -0.838. The van der Waals surface area contributed by atoms with Gasteiger partial charge in [0.1, 0.15) is 0 Å². The van der Waals surface area contributed by atoms with Gasteiger partial charge < -0.3 is 0 Å². The highest BCUT2D eigenvalue weighted by Gasteiger charge is 2.21. The van der Waals surface area contributed by atoms with Crippen LogP contribution < -0.4 is 0 Å². The van der Waals surface area contributed by atoms with Gasteiger partial charge in [-0.1, -0.05) is 42.5 Å². The van der Waals surface area contributed by atoms with Gasteiger partial charge in [-0.05, 0) is 48.4 Å². The van der Waals surface area contributed by atoms with Crippen LogP contribution in [0.1, 0.15) is 0 Å². The minimum atomic E-state index is -0.838. The Balaban J connectivity index is 1.99. The Morgan fingerprint density at radius 2 is 1.25 bits per heavy atom. The summed E-state index contributed by atoms with van der Waals surface area (Å²) in [5.74, 6) is 0. The van der Waals surface area contributed by atoms with E-state index in [0.717, 1.165) is 0 Å². The molecule has 0 saturated heterocycles. The van der Waals surface area contributed by atoms with E-state index in [9.17, 15) is 0 Å². The van der Waals surface area contributed by atoms with Gasteiger partial charge in [0.15, 0.2) is 0 Å². The molecule has 2 heterocycles. The smallest absolute Gasteiger partial charge is 0.0482 e. The number of hydrogen-bond acceptors (Lipinski definition) is 2. The zero-order valence-corrected chi connectivity index (χ0v) is 18.5. The highest BCUT2D eigenvalue weighted by Crippen LogP contribution is 2.55. The molecule has 0 N–H and O–H groups in total. The Morgan fingerprint density at radius 1 is 0.607 bits per heavy atom. The Morgan fingerprint density at radius 3 is 1.96 bits per heavy atom. The molecule has 0 radical (unpaired) electrons. The molecule has 0 spiro atoms. The van der Waals surface area contributed by atoms with Crippen molar-refractivity contribution in [2.75, 3.05) is 18.8 Å². The maximum Gasteiger partial charge on any atom is 0.0482 e. The Hall–Kier alpha value is -2.07. The molecule has 3 heteroatoms. The maximum atomic E-state index is 2.48. The van der Waals surface area contributed by atoms with Crippen LogP contribution >= 0.6 is 32.7 Å². The van der Waals surface area contributed by atoms with Crippen molar-refractivity contribution < 1.29 is 0 Å². The van der Waals surface area contributed by atoms with Crippen LogP contribution in [0.5, 0.6) is 0 Å². The van der Waals surface area contributed by atoms with Crippen molar-refractivity contribution in [1.82, 2.24) is 0 Å². The van der Waals surface area contributed by atoms with Gasteiger partial charge in [0, 0.05) is 50.6 Å². The second kappa shape index (κ2) is 5.73. The zero-order chi connectivity index (χ0) is 19.0. The average Bonchev–Trinajstić information content (AvgIpc) is 3.24.